The van der Waals surface area contributed by atoms with E-state index in [-0.39, 0.29) is 11.9 Å². The van der Waals surface area contributed by atoms with Crippen molar-refractivity contribution in [3.63, 3.8) is 0 Å². The zero-order chi connectivity index (χ0) is 11.5. The number of piperidine rings is 1. The predicted octanol–water partition coefficient (Wildman–Crippen LogP) is 3.13. The van der Waals surface area contributed by atoms with Gasteiger partial charge in [-0.05, 0) is 37.1 Å². The van der Waals surface area contributed by atoms with Crippen LogP contribution in [0.25, 0.3) is 0 Å². The first-order chi connectivity index (χ1) is 7.66. The number of benzene rings is 1. The van der Waals surface area contributed by atoms with E-state index in [1.807, 2.05) is 0 Å². The molecule has 1 nitrogen and oxygen atoms in total. The highest BCUT2D eigenvalue weighted by Crippen LogP contribution is 2.30. The lowest BCUT2D eigenvalue weighted by Crippen LogP contribution is -2.34. The molecule has 1 aliphatic rings. The molecule has 0 spiro atoms. The predicted molar refractivity (Wildman–Crippen MR) is 55.9 cm³/mol. The molecule has 1 N–H and O–H groups in total. The SMILES string of the molecule is Fc1ccc([C@@H]2CC(C(F)F)CCN2)cc1. The van der Waals surface area contributed by atoms with Crippen LogP contribution in [0.1, 0.15) is 24.4 Å². The van der Waals surface area contributed by atoms with Gasteiger partial charge in [-0.3, -0.25) is 0 Å². The summed E-state index contributed by atoms with van der Waals surface area (Å²) in [5.74, 6) is -0.846. The van der Waals surface area contributed by atoms with Crippen LogP contribution >= 0.6 is 0 Å². The van der Waals surface area contributed by atoms with Gasteiger partial charge in [-0.25, -0.2) is 13.2 Å². The molecular weight excluding hydrogens is 215 g/mol. The van der Waals surface area contributed by atoms with E-state index < -0.39 is 12.3 Å². The topological polar surface area (TPSA) is 12.0 Å². The third-order valence-electron chi connectivity index (χ3n) is 3.07. The third kappa shape index (κ3) is 2.55. The van der Waals surface area contributed by atoms with Crippen molar-refractivity contribution >= 4 is 0 Å². The lowest BCUT2D eigenvalue weighted by atomic mass is 9.89. The molecule has 0 aromatic heterocycles. The van der Waals surface area contributed by atoms with E-state index in [1.165, 1.54) is 12.1 Å². The fourth-order valence-electron chi connectivity index (χ4n) is 2.12. The first-order valence-electron chi connectivity index (χ1n) is 5.44. The van der Waals surface area contributed by atoms with Crippen molar-refractivity contribution in [2.75, 3.05) is 6.54 Å². The lowest BCUT2D eigenvalue weighted by Gasteiger charge is -2.30. The van der Waals surface area contributed by atoms with Gasteiger partial charge in [0.2, 0.25) is 6.43 Å². The molecule has 16 heavy (non-hydrogen) atoms. The van der Waals surface area contributed by atoms with Crippen molar-refractivity contribution in [3.05, 3.63) is 35.6 Å². The zero-order valence-corrected chi connectivity index (χ0v) is 8.80. The Kier molecular flexibility index (Phi) is 3.49. The smallest absolute Gasteiger partial charge is 0.241 e. The zero-order valence-electron chi connectivity index (χ0n) is 8.80. The molecule has 1 aromatic carbocycles. The standard InChI is InChI=1S/C12H14F3N/c13-10-3-1-8(2-4-10)11-7-9(12(14)15)5-6-16-11/h1-4,9,11-12,16H,5-7H2/t9?,11-/m0/s1. The highest BCUT2D eigenvalue weighted by Gasteiger charge is 2.28. The Balaban J connectivity index is 2.06. The minimum Gasteiger partial charge on any atom is -0.310 e. The molecule has 1 heterocycles. The van der Waals surface area contributed by atoms with Gasteiger partial charge in [0.15, 0.2) is 0 Å². The summed E-state index contributed by atoms with van der Waals surface area (Å²) < 4.78 is 37.9. The van der Waals surface area contributed by atoms with Gasteiger partial charge in [0.05, 0.1) is 0 Å². The molecule has 0 amide bonds. The van der Waals surface area contributed by atoms with Crippen LogP contribution < -0.4 is 5.32 Å². The summed E-state index contributed by atoms with van der Waals surface area (Å²) in [4.78, 5) is 0. The van der Waals surface area contributed by atoms with Gasteiger partial charge in [-0.1, -0.05) is 12.1 Å². The molecule has 0 aliphatic carbocycles. The van der Waals surface area contributed by atoms with E-state index in [1.54, 1.807) is 12.1 Å². The van der Waals surface area contributed by atoms with Crippen molar-refractivity contribution in [1.82, 2.24) is 5.32 Å². The molecule has 1 aliphatic heterocycles. The van der Waals surface area contributed by atoms with Crippen LogP contribution in [-0.4, -0.2) is 13.0 Å². The maximum absolute atomic E-state index is 12.7. The first kappa shape index (κ1) is 11.5. The first-order valence-corrected chi connectivity index (χ1v) is 5.44. The van der Waals surface area contributed by atoms with E-state index in [0.29, 0.717) is 19.4 Å². The summed E-state index contributed by atoms with van der Waals surface area (Å²) in [7, 11) is 0. The van der Waals surface area contributed by atoms with E-state index in [4.69, 9.17) is 0 Å². The molecule has 88 valence electrons. The van der Waals surface area contributed by atoms with Gasteiger partial charge >= 0.3 is 0 Å². The molecule has 1 fully saturated rings. The molecule has 2 rings (SSSR count). The minimum absolute atomic E-state index is 0.0756. The normalized spacial score (nSPS) is 26.0. The summed E-state index contributed by atoms with van der Waals surface area (Å²) >= 11 is 0. The fourth-order valence-corrected chi connectivity index (χ4v) is 2.12. The van der Waals surface area contributed by atoms with Gasteiger partial charge in [0.25, 0.3) is 0 Å². The molecule has 0 bridgehead atoms. The van der Waals surface area contributed by atoms with Gasteiger partial charge < -0.3 is 5.32 Å². The maximum Gasteiger partial charge on any atom is 0.241 e. The number of halogens is 3. The summed E-state index contributed by atoms with van der Waals surface area (Å²) in [5.41, 5.74) is 0.881. The molecule has 4 heteroatoms. The molecule has 1 aromatic rings. The average Bonchev–Trinajstić information content (AvgIpc) is 2.30. The number of alkyl halides is 2. The monoisotopic (exact) mass is 229 g/mol. The highest BCUT2D eigenvalue weighted by molar-refractivity contribution is 5.20. The fraction of sp³-hybridized carbons (Fsp3) is 0.500. The number of hydrogen-bond acceptors (Lipinski definition) is 1. The third-order valence-corrected chi connectivity index (χ3v) is 3.07. The Labute approximate surface area is 92.7 Å². The number of nitrogens with one attached hydrogen (secondary N) is 1. The summed E-state index contributed by atoms with van der Waals surface area (Å²) in [6.07, 6.45) is -1.33. The number of rotatable bonds is 2. The van der Waals surface area contributed by atoms with Crippen molar-refractivity contribution < 1.29 is 13.2 Å². The Morgan fingerprint density at radius 1 is 1.19 bits per heavy atom. The van der Waals surface area contributed by atoms with E-state index in [2.05, 4.69) is 5.32 Å². The van der Waals surface area contributed by atoms with Crippen LogP contribution in [-0.2, 0) is 0 Å². The van der Waals surface area contributed by atoms with E-state index in [9.17, 15) is 13.2 Å². The van der Waals surface area contributed by atoms with Crippen molar-refractivity contribution in [2.24, 2.45) is 5.92 Å². The van der Waals surface area contributed by atoms with Gasteiger partial charge in [0, 0.05) is 12.0 Å². The van der Waals surface area contributed by atoms with Gasteiger partial charge in [-0.2, -0.15) is 0 Å². The van der Waals surface area contributed by atoms with Crippen LogP contribution in [0.5, 0.6) is 0 Å². The van der Waals surface area contributed by atoms with Crippen LogP contribution in [0.2, 0.25) is 0 Å². The molecule has 2 atom stereocenters. The maximum atomic E-state index is 12.7. The van der Waals surface area contributed by atoms with Crippen molar-refractivity contribution in [2.45, 2.75) is 25.3 Å². The summed E-state index contributed by atoms with van der Waals surface area (Å²) in [5, 5.41) is 3.18. The van der Waals surface area contributed by atoms with Gasteiger partial charge in [-0.15, -0.1) is 0 Å². The Morgan fingerprint density at radius 3 is 2.50 bits per heavy atom. The molecule has 1 saturated heterocycles. The van der Waals surface area contributed by atoms with E-state index in [0.717, 1.165) is 5.56 Å². The van der Waals surface area contributed by atoms with Crippen LogP contribution in [0.3, 0.4) is 0 Å². The molecular formula is C12H14F3N. The average molecular weight is 229 g/mol. The highest BCUT2D eigenvalue weighted by atomic mass is 19.3. The Morgan fingerprint density at radius 2 is 1.88 bits per heavy atom. The Hall–Kier alpha value is -1.03. The van der Waals surface area contributed by atoms with Crippen molar-refractivity contribution in [3.8, 4) is 0 Å². The second-order valence-corrected chi connectivity index (χ2v) is 4.18. The quantitative estimate of drug-likeness (QED) is 0.821. The van der Waals surface area contributed by atoms with E-state index >= 15 is 0 Å². The van der Waals surface area contributed by atoms with Crippen molar-refractivity contribution in [1.29, 1.82) is 0 Å². The summed E-state index contributed by atoms with van der Waals surface area (Å²) in [6.45, 7) is 0.594. The lowest BCUT2D eigenvalue weighted by molar-refractivity contribution is 0.0500. The van der Waals surface area contributed by atoms with Gasteiger partial charge in [0.1, 0.15) is 5.82 Å². The molecule has 1 unspecified atom stereocenters. The summed E-state index contributed by atoms with van der Waals surface area (Å²) in [6, 6.07) is 5.96. The Bertz CT molecular complexity index is 337. The molecule has 0 saturated carbocycles. The number of hydrogen-bond donors (Lipinski definition) is 1. The van der Waals surface area contributed by atoms with Crippen LogP contribution in [0, 0.1) is 11.7 Å². The largest absolute Gasteiger partial charge is 0.310 e. The minimum atomic E-state index is -2.26. The molecule has 0 radical (unpaired) electrons. The van der Waals surface area contributed by atoms with Crippen LogP contribution in [0.4, 0.5) is 13.2 Å². The second kappa shape index (κ2) is 4.87. The second-order valence-electron chi connectivity index (χ2n) is 4.18. The van der Waals surface area contributed by atoms with Crippen LogP contribution in [0.15, 0.2) is 24.3 Å².